The number of nitriles is 1. The SMILES string of the molecule is N#C/C(=C\Nc1ccc(S(=O)(=O)Nc2nccs2)cc1)c1nc2ccccc2o1. The summed E-state index contributed by atoms with van der Waals surface area (Å²) in [6, 6.07) is 15.4. The second kappa shape index (κ2) is 7.75. The molecule has 0 spiro atoms. The molecule has 0 unspecified atom stereocenters. The van der Waals surface area contributed by atoms with E-state index in [4.69, 9.17) is 4.42 Å². The molecule has 0 bridgehead atoms. The Kier molecular flexibility index (Phi) is 4.99. The summed E-state index contributed by atoms with van der Waals surface area (Å²) >= 11 is 1.19. The Hall–Kier alpha value is -3.68. The van der Waals surface area contributed by atoms with Crippen LogP contribution in [0.25, 0.3) is 16.7 Å². The molecule has 0 fully saturated rings. The van der Waals surface area contributed by atoms with Crippen LogP contribution in [0.2, 0.25) is 0 Å². The molecule has 2 aromatic heterocycles. The molecule has 0 amide bonds. The van der Waals surface area contributed by atoms with Crippen LogP contribution in [0, 0.1) is 11.3 Å². The quantitative estimate of drug-likeness (QED) is 0.449. The molecule has 0 saturated heterocycles. The Morgan fingerprint density at radius 2 is 1.97 bits per heavy atom. The summed E-state index contributed by atoms with van der Waals surface area (Å²) in [5.74, 6) is 0.202. The van der Waals surface area contributed by atoms with Crippen molar-refractivity contribution in [2.24, 2.45) is 0 Å². The topological polar surface area (TPSA) is 121 Å². The highest BCUT2D eigenvalue weighted by molar-refractivity contribution is 7.93. The summed E-state index contributed by atoms with van der Waals surface area (Å²) in [5.41, 5.74) is 2.06. The van der Waals surface area contributed by atoms with Crippen LogP contribution >= 0.6 is 11.3 Å². The highest BCUT2D eigenvalue weighted by Gasteiger charge is 2.15. The van der Waals surface area contributed by atoms with E-state index in [1.807, 2.05) is 18.2 Å². The summed E-state index contributed by atoms with van der Waals surface area (Å²) < 4.78 is 32.7. The molecule has 0 atom stereocenters. The standard InChI is InChI=1S/C19H13N5O3S2/c20-11-13(18-23-16-3-1-2-4-17(16)27-18)12-22-14-5-7-15(8-6-14)29(25,26)24-19-21-9-10-28-19/h1-10,12,22H,(H,21,24)/b13-12+. The molecule has 4 aromatic rings. The first-order chi connectivity index (χ1) is 14.0. The smallest absolute Gasteiger partial charge is 0.263 e. The van der Waals surface area contributed by atoms with Gasteiger partial charge in [-0.3, -0.25) is 4.72 Å². The summed E-state index contributed by atoms with van der Waals surface area (Å²) in [6.45, 7) is 0. The van der Waals surface area contributed by atoms with Gasteiger partial charge >= 0.3 is 0 Å². The molecule has 2 aromatic carbocycles. The minimum absolute atomic E-state index is 0.0988. The Bertz CT molecular complexity index is 1290. The van der Waals surface area contributed by atoms with E-state index in [9.17, 15) is 13.7 Å². The van der Waals surface area contributed by atoms with E-state index in [0.717, 1.165) is 0 Å². The zero-order valence-electron chi connectivity index (χ0n) is 14.7. The molecule has 144 valence electrons. The Labute approximate surface area is 170 Å². The fraction of sp³-hybridized carbons (Fsp3) is 0. The molecule has 29 heavy (non-hydrogen) atoms. The summed E-state index contributed by atoms with van der Waals surface area (Å²) in [6.07, 6.45) is 2.98. The van der Waals surface area contributed by atoms with Gasteiger partial charge in [0.05, 0.1) is 4.90 Å². The average Bonchev–Trinajstić information content (AvgIpc) is 3.38. The third-order valence-electron chi connectivity index (χ3n) is 3.85. The zero-order valence-corrected chi connectivity index (χ0v) is 16.4. The summed E-state index contributed by atoms with van der Waals surface area (Å²) in [4.78, 5) is 8.30. The minimum atomic E-state index is -3.72. The number of hydrogen-bond donors (Lipinski definition) is 2. The van der Waals surface area contributed by atoms with Gasteiger partial charge in [-0.05, 0) is 36.4 Å². The van der Waals surface area contributed by atoms with Crippen molar-refractivity contribution in [1.82, 2.24) is 9.97 Å². The van der Waals surface area contributed by atoms with Gasteiger partial charge in [0, 0.05) is 23.5 Å². The van der Waals surface area contributed by atoms with Gasteiger partial charge in [0.2, 0.25) is 5.89 Å². The first-order valence-electron chi connectivity index (χ1n) is 8.30. The van der Waals surface area contributed by atoms with Crippen LogP contribution in [0.5, 0.6) is 0 Å². The van der Waals surface area contributed by atoms with Gasteiger partial charge in [0.1, 0.15) is 17.2 Å². The van der Waals surface area contributed by atoms with Crippen molar-refractivity contribution in [3.8, 4) is 6.07 Å². The lowest BCUT2D eigenvalue weighted by atomic mass is 10.3. The van der Waals surface area contributed by atoms with Gasteiger partial charge in [0.15, 0.2) is 10.7 Å². The van der Waals surface area contributed by atoms with Crippen molar-refractivity contribution in [2.45, 2.75) is 4.90 Å². The van der Waals surface area contributed by atoms with Crippen LogP contribution in [0.3, 0.4) is 0 Å². The number of benzene rings is 2. The highest BCUT2D eigenvalue weighted by atomic mass is 32.2. The van der Waals surface area contributed by atoms with E-state index in [1.165, 1.54) is 35.9 Å². The number of fused-ring (bicyclic) bond motifs is 1. The van der Waals surface area contributed by atoms with E-state index >= 15 is 0 Å². The van der Waals surface area contributed by atoms with Crippen molar-refractivity contribution in [3.63, 3.8) is 0 Å². The van der Waals surface area contributed by atoms with Crippen LogP contribution in [0.15, 0.2) is 75.6 Å². The van der Waals surface area contributed by atoms with Crippen molar-refractivity contribution in [1.29, 1.82) is 5.26 Å². The first-order valence-corrected chi connectivity index (χ1v) is 10.7. The molecular formula is C19H13N5O3S2. The molecule has 0 radical (unpaired) electrons. The molecule has 0 saturated carbocycles. The van der Waals surface area contributed by atoms with Gasteiger partial charge in [-0.2, -0.15) is 5.26 Å². The van der Waals surface area contributed by atoms with Crippen LogP contribution in [0.4, 0.5) is 10.8 Å². The maximum Gasteiger partial charge on any atom is 0.263 e. The Balaban J connectivity index is 1.51. The number of para-hydroxylation sites is 2. The number of anilines is 2. The second-order valence-corrected chi connectivity index (χ2v) is 8.34. The lowest BCUT2D eigenvalue weighted by molar-refractivity contribution is 0.586. The summed E-state index contributed by atoms with van der Waals surface area (Å²) in [7, 11) is -3.72. The molecule has 0 aliphatic heterocycles. The predicted molar refractivity (Wildman–Crippen MR) is 111 cm³/mol. The number of rotatable bonds is 6. The number of thiazole rings is 1. The van der Waals surface area contributed by atoms with Gasteiger partial charge < -0.3 is 9.73 Å². The van der Waals surface area contributed by atoms with Gasteiger partial charge in [0.25, 0.3) is 10.0 Å². The second-order valence-electron chi connectivity index (χ2n) is 5.77. The molecule has 0 aliphatic rings. The number of hydrogen-bond acceptors (Lipinski definition) is 8. The molecule has 8 nitrogen and oxygen atoms in total. The Morgan fingerprint density at radius 3 is 2.66 bits per heavy atom. The molecule has 4 rings (SSSR count). The van der Waals surface area contributed by atoms with Crippen LogP contribution in [-0.4, -0.2) is 18.4 Å². The van der Waals surface area contributed by atoms with E-state index in [-0.39, 0.29) is 16.4 Å². The highest BCUT2D eigenvalue weighted by Crippen LogP contribution is 2.22. The molecule has 2 N–H and O–H groups in total. The lowest BCUT2D eigenvalue weighted by Crippen LogP contribution is -2.12. The largest absolute Gasteiger partial charge is 0.435 e. The number of allylic oxidation sites excluding steroid dienone is 1. The van der Waals surface area contributed by atoms with E-state index < -0.39 is 10.0 Å². The zero-order chi connectivity index (χ0) is 20.3. The van der Waals surface area contributed by atoms with Gasteiger partial charge in [-0.1, -0.05) is 12.1 Å². The number of nitrogens with one attached hydrogen (secondary N) is 2. The predicted octanol–water partition coefficient (Wildman–Crippen LogP) is 4.06. The first kappa shape index (κ1) is 18.7. The molecule has 2 heterocycles. The Morgan fingerprint density at radius 1 is 1.17 bits per heavy atom. The van der Waals surface area contributed by atoms with Crippen LogP contribution in [0.1, 0.15) is 5.89 Å². The number of sulfonamides is 1. The molecule has 0 aliphatic carbocycles. The van der Waals surface area contributed by atoms with Crippen molar-refractivity contribution < 1.29 is 12.8 Å². The third-order valence-corrected chi connectivity index (χ3v) is 6.02. The normalized spacial score (nSPS) is 11.9. The van der Waals surface area contributed by atoms with Crippen molar-refractivity contribution in [3.05, 3.63) is 72.2 Å². The monoisotopic (exact) mass is 423 g/mol. The third kappa shape index (κ3) is 4.11. The maximum absolute atomic E-state index is 12.4. The average molecular weight is 423 g/mol. The number of oxazole rings is 1. The minimum Gasteiger partial charge on any atom is -0.435 e. The lowest BCUT2D eigenvalue weighted by Gasteiger charge is -2.06. The van der Waals surface area contributed by atoms with E-state index in [1.54, 1.807) is 29.6 Å². The van der Waals surface area contributed by atoms with Gasteiger partial charge in [-0.15, -0.1) is 11.3 Å². The fourth-order valence-corrected chi connectivity index (χ4v) is 4.25. The summed E-state index contributed by atoms with van der Waals surface area (Å²) in [5, 5.41) is 14.3. The van der Waals surface area contributed by atoms with E-state index in [0.29, 0.717) is 21.9 Å². The fourth-order valence-electron chi connectivity index (χ4n) is 2.46. The van der Waals surface area contributed by atoms with Crippen molar-refractivity contribution >= 4 is 48.9 Å². The van der Waals surface area contributed by atoms with Crippen molar-refractivity contribution in [2.75, 3.05) is 10.0 Å². The molecular weight excluding hydrogens is 410 g/mol. The van der Waals surface area contributed by atoms with E-state index in [2.05, 4.69) is 20.0 Å². The molecule has 10 heteroatoms. The van der Waals surface area contributed by atoms with Crippen LogP contribution < -0.4 is 10.0 Å². The van der Waals surface area contributed by atoms with Crippen LogP contribution in [-0.2, 0) is 10.0 Å². The van der Waals surface area contributed by atoms with Gasteiger partial charge in [-0.25, -0.2) is 18.4 Å². The maximum atomic E-state index is 12.4. The number of nitrogens with zero attached hydrogens (tertiary/aromatic N) is 3. The number of aromatic nitrogens is 2.